The van der Waals surface area contributed by atoms with Crippen molar-refractivity contribution in [2.24, 2.45) is 5.92 Å². The molecule has 0 radical (unpaired) electrons. The van der Waals surface area contributed by atoms with E-state index in [9.17, 15) is 4.79 Å². The highest BCUT2D eigenvalue weighted by Gasteiger charge is 2.13. The lowest BCUT2D eigenvalue weighted by Gasteiger charge is -2.10. The molecule has 2 nitrogen and oxygen atoms in total. The first kappa shape index (κ1) is 14.5. The van der Waals surface area contributed by atoms with Crippen molar-refractivity contribution in [1.82, 2.24) is 0 Å². The number of halogens is 2. The van der Waals surface area contributed by atoms with Crippen molar-refractivity contribution < 1.29 is 9.53 Å². The van der Waals surface area contributed by atoms with Gasteiger partial charge in [0.25, 0.3) is 0 Å². The van der Waals surface area contributed by atoms with E-state index in [-0.39, 0.29) is 18.1 Å². The maximum atomic E-state index is 11.8. The van der Waals surface area contributed by atoms with Crippen molar-refractivity contribution in [3.8, 4) is 0 Å². The van der Waals surface area contributed by atoms with Gasteiger partial charge in [-0.1, -0.05) is 36.2 Å². The molecule has 0 amide bonds. The lowest BCUT2D eigenvalue weighted by molar-refractivity contribution is -0.119. The summed E-state index contributed by atoms with van der Waals surface area (Å²) in [6.45, 7) is 2.57. The van der Waals surface area contributed by atoms with Gasteiger partial charge in [-0.15, -0.1) is 0 Å². The fraction of sp³-hybridized carbons (Fsp3) is 0.462. The maximum Gasteiger partial charge on any atom is 0.137 e. The number of carbonyl (C=O) groups is 1. The Balaban J connectivity index is 2.62. The van der Waals surface area contributed by atoms with E-state index in [2.05, 4.69) is 0 Å². The molecule has 1 aromatic carbocycles. The van der Waals surface area contributed by atoms with Crippen LogP contribution >= 0.6 is 23.2 Å². The van der Waals surface area contributed by atoms with E-state index in [1.54, 1.807) is 25.3 Å². The molecule has 0 aliphatic rings. The Morgan fingerprint density at radius 2 is 1.94 bits per heavy atom. The van der Waals surface area contributed by atoms with E-state index in [1.165, 1.54) is 0 Å². The van der Waals surface area contributed by atoms with Gasteiger partial charge in [0.2, 0.25) is 0 Å². The fourth-order valence-electron chi connectivity index (χ4n) is 1.70. The van der Waals surface area contributed by atoms with Gasteiger partial charge in [0, 0.05) is 36.6 Å². The number of ether oxygens (including phenoxy) is 1. The molecule has 0 spiro atoms. The average Bonchev–Trinajstić information content (AvgIpc) is 2.24. The van der Waals surface area contributed by atoms with E-state index < -0.39 is 0 Å². The normalized spacial score (nSPS) is 12.5. The number of rotatable bonds is 6. The van der Waals surface area contributed by atoms with E-state index >= 15 is 0 Å². The molecule has 94 valence electrons. The molecule has 0 saturated heterocycles. The standard InChI is InChI=1S/C13H16Cl2O2/c1-9(8-17-2)6-10(16)7-11-12(14)4-3-5-13(11)15/h3-5,9H,6-8H2,1-2H3. The average molecular weight is 275 g/mol. The summed E-state index contributed by atoms with van der Waals surface area (Å²) in [4.78, 5) is 11.8. The summed E-state index contributed by atoms with van der Waals surface area (Å²) in [6.07, 6.45) is 0.766. The molecule has 1 rings (SSSR count). The minimum absolute atomic E-state index is 0.129. The Morgan fingerprint density at radius 3 is 2.47 bits per heavy atom. The van der Waals surface area contributed by atoms with Crippen molar-refractivity contribution in [2.45, 2.75) is 19.8 Å². The van der Waals surface area contributed by atoms with Crippen LogP contribution in [0.25, 0.3) is 0 Å². The Kier molecular flexibility index (Phi) is 5.96. The van der Waals surface area contributed by atoms with Crippen LogP contribution in [0.2, 0.25) is 10.0 Å². The van der Waals surface area contributed by atoms with Crippen LogP contribution in [0.3, 0.4) is 0 Å². The minimum atomic E-state index is 0.129. The number of methoxy groups -OCH3 is 1. The van der Waals surface area contributed by atoms with Crippen LogP contribution in [0, 0.1) is 5.92 Å². The van der Waals surface area contributed by atoms with Gasteiger partial charge >= 0.3 is 0 Å². The van der Waals surface area contributed by atoms with E-state index in [1.807, 2.05) is 6.92 Å². The quantitative estimate of drug-likeness (QED) is 0.789. The van der Waals surface area contributed by atoms with Crippen LogP contribution in [0.1, 0.15) is 18.9 Å². The van der Waals surface area contributed by atoms with Gasteiger partial charge in [-0.25, -0.2) is 0 Å². The lowest BCUT2D eigenvalue weighted by Crippen LogP contribution is -2.12. The highest BCUT2D eigenvalue weighted by molar-refractivity contribution is 6.36. The van der Waals surface area contributed by atoms with Crippen LogP contribution < -0.4 is 0 Å². The number of ketones is 1. The molecule has 17 heavy (non-hydrogen) atoms. The predicted molar refractivity (Wildman–Crippen MR) is 70.8 cm³/mol. The summed E-state index contributed by atoms with van der Waals surface area (Å²) in [5, 5.41) is 1.09. The molecular formula is C13H16Cl2O2. The van der Waals surface area contributed by atoms with Gasteiger partial charge in [0.1, 0.15) is 5.78 Å². The second-order valence-electron chi connectivity index (χ2n) is 4.18. The van der Waals surface area contributed by atoms with Crippen molar-refractivity contribution >= 4 is 29.0 Å². The maximum absolute atomic E-state index is 11.8. The molecule has 1 aromatic rings. The SMILES string of the molecule is COCC(C)CC(=O)Cc1c(Cl)cccc1Cl. The zero-order valence-electron chi connectivity index (χ0n) is 10.0. The van der Waals surface area contributed by atoms with Crippen LogP contribution in [0.5, 0.6) is 0 Å². The Hall–Kier alpha value is -0.570. The Bertz CT molecular complexity index is 371. The van der Waals surface area contributed by atoms with E-state index in [4.69, 9.17) is 27.9 Å². The molecule has 0 N–H and O–H groups in total. The highest BCUT2D eigenvalue weighted by Crippen LogP contribution is 2.25. The first-order valence-electron chi connectivity index (χ1n) is 5.48. The molecule has 0 fully saturated rings. The lowest BCUT2D eigenvalue weighted by atomic mass is 10.0. The molecule has 4 heteroatoms. The molecule has 0 heterocycles. The van der Waals surface area contributed by atoms with Crippen LogP contribution in [0.15, 0.2) is 18.2 Å². The van der Waals surface area contributed by atoms with Crippen molar-refractivity contribution in [3.63, 3.8) is 0 Å². The van der Waals surface area contributed by atoms with Gasteiger partial charge in [0.05, 0.1) is 0 Å². The monoisotopic (exact) mass is 274 g/mol. The van der Waals surface area contributed by atoms with E-state index in [0.29, 0.717) is 28.6 Å². The predicted octanol–water partition coefficient (Wildman–Crippen LogP) is 3.78. The van der Waals surface area contributed by atoms with Gasteiger partial charge < -0.3 is 4.74 Å². The number of hydrogen-bond donors (Lipinski definition) is 0. The summed E-state index contributed by atoms with van der Waals surface area (Å²) < 4.78 is 5.00. The number of benzene rings is 1. The first-order valence-corrected chi connectivity index (χ1v) is 6.23. The van der Waals surface area contributed by atoms with Gasteiger partial charge in [-0.05, 0) is 23.6 Å². The Morgan fingerprint density at radius 1 is 1.35 bits per heavy atom. The van der Waals surface area contributed by atoms with Gasteiger partial charge in [-0.2, -0.15) is 0 Å². The minimum Gasteiger partial charge on any atom is -0.384 e. The number of carbonyl (C=O) groups excluding carboxylic acids is 1. The number of hydrogen-bond acceptors (Lipinski definition) is 2. The van der Waals surface area contributed by atoms with Crippen LogP contribution in [-0.2, 0) is 16.0 Å². The largest absolute Gasteiger partial charge is 0.384 e. The summed E-state index contributed by atoms with van der Waals surface area (Å²) >= 11 is 12.0. The second kappa shape index (κ2) is 7.00. The highest BCUT2D eigenvalue weighted by atomic mass is 35.5. The first-order chi connectivity index (χ1) is 8.04. The van der Waals surface area contributed by atoms with E-state index in [0.717, 1.165) is 0 Å². The molecule has 0 bridgehead atoms. The third kappa shape index (κ3) is 4.66. The number of Topliss-reactive ketones (excluding diaryl/α,β-unsaturated/α-hetero) is 1. The third-order valence-corrected chi connectivity index (χ3v) is 3.17. The molecule has 0 aliphatic heterocycles. The van der Waals surface area contributed by atoms with Gasteiger partial charge in [0.15, 0.2) is 0 Å². The zero-order chi connectivity index (χ0) is 12.8. The molecule has 1 atom stereocenters. The van der Waals surface area contributed by atoms with Crippen molar-refractivity contribution in [3.05, 3.63) is 33.8 Å². The summed E-state index contributed by atoms with van der Waals surface area (Å²) in [5.41, 5.74) is 0.713. The van der Waals surface area contributed by atoms with Crippen molar-refractivity contribution in [1.29, 1.82) is 0 Å². The molecule has 1 unspecified atom stereocenters. The molecule has 0 aromatic heterocycles. The molecule has 0 aliphatic carbocycles. The summed E-state index contributed by atoms with van der Waals surface area (Å²) in [7, 11) is 1.63. The topological polar surface area (TPSA) is 26.3 Å². The van der Waals surface area contributed by atoms with Crippen LogP contribution in [-0.4, -0.2) is 19.5 Å². The zero-order valence-corrected chi connectivity index (χ0v) is 11.5. The van der Waals surface area contributed by atoms with Crippen molar-refractivity contribution in [2.75, 3.05) is 13.7 Å². The summed E-state index contributed by atoms with van der Waals surface area (Å²) in [6, 6.07) is 5.26. The van der Waals surface area contributed by atoms with Gasteiger partial charge in [-0.3, -0.25) is 4.79 Å². The fourth-order valence-corrected chi connectivity index (χ4v) is 2.23. The van der Waals surface area contributed by atoms with Crippen LogP contribution in [0.4, 0.5) is 0 Å². The third-order valence-electron chi connectivity index (χ3n) is 2.46. The smallest absolute Gasteiger partial charge is 0.137 e. The Labute approximate surface area is 112 Å². The summed E-state index contributed by atoms with van der Waals surface area (Å²) in [5.74, 6) is 0.346. The molecule has 0 saturated carbocycles. The molecular weight excluding hydrogens is 259 g/mol. The second-order valence-corrected chi connectivity index (χ2v) is 4.99.